The van der Waals surface area contributed by atoms with Crippen molar-refractivity contribution in [1.82, 2.24) is 4.90 Å². The molecule has 0 aliphatic heterocycles. The number of nitrogens with zero attached hydrogens (tertiary/aromatic N) is 1. The van der Waals surface area contributed by atoms with Crippen molar-refractivity contribution in [1.29, 1.82) is 0 Å². The van der Waals surface area contributed by atoms with Crippen LogP contribution in [0.25, 0.3) is 0 Å². The van der Waals surface area contributed by atoms with E-state index in [1.54, 1.807) is 0 Å². The van der Waals surface area contributed by atoms with E-state index in [0.29, 0.717) is 0 Å². The average molecular weight is 252 g/mol. The lowest BCUT2D eigenvalue weighted by atomic mass is 9.97. The van der Waals surface area contributed by atoms with E-state index in [4.69, 9.17) is 15.9 Å². The number of hydrogen-bond acceptors (Lipinski definition) is 4. The van der Waals surface area contributed by atoms with Gasteiger partial charge in [-0.1, -0.05) is 30.3 Å². The highest BCUT2D eigenvalue weighted by molar-refractivity contribution is 5.84. The fourth-order valence-electron chi connectivity index (χ4n) is 1.86. The molecule has 5 heteroatoms. The van der Waals surface area contributed by atoms with Crippen LogP contribution >= 0.6 is 0 Å². The van der Waals surface area contributed by atoms with Crippen molar-refractivity contribution in [3.05, 3.63) is 35.9 Å². The molecule has 0 bridgehead atoms. The zero-order valence-electron chi connectivity index (χ0n) is 10.3. The minimum atomic E-state index is -0.427. The summed E-state index contributed by atoms with van der Waals surface area (Å²) in [7, 11) is 0. The molecule has 0 aliphatic rings. The maximum absolute atomic E-state index is 12.3. The van der Waals surface area contributed by atoms with Crippen molar-refractivity contribution in [3.8, 4) is 0 Å². The molecule has 0 radical (unpaired) electrons. The fourth-order valence-corrected chi connectivity index (χ4v) is 1.86. The van der Waals surface area contributed by atoms with E-state index in [1.807, 2.05) is 30.3 Å². The van der Waals surface area contributed by atoms with Crippen molar-refractivity contribution in [2.24, 2.45) is 5.73 Å². The number of amides is 1. The Morgan fingerprint density at radius 2 is 1.72 bits per heavy atom. The second-order valence-corrected chi connectivity index (χ2v) is 3.97. The predicted molar refractivity (Wildman–Crippen MR) is 69.0 cm³/mol. The second kappa shape index (κ2) is 7.81. The maximum atomic E-state index is 12.3. The molecule has 1 aromatic rings. The minimum absolute atomic E-state index is 0.127. The Balaban J connectivity index is 2.83. The van der Waals surface area contributed by atoms with Crippen molar-refractivity contribution < 1.29 is 15.0 Å². The van der Waals surface area contributed by atoms with Gasteiger partial charge in [-0.15, -0.1) is 0 Å². The number of carbonyl (C=O) groups is 1. The lowest BCUT2D eigenvalue weighted by Gasteiger charge is -2.25. The SMILES string of the molecule is NCC(C(=O)N(CCO)CCO)c1ccccc1. The quantitative estimate of drug-likeness (QED) is 0.613. The molecule has 0 saturated heterocycles. The van der Waals surface area contributed by atoms with Crippen LogP contribution in [-0.4, -0.2) is 53.9 Å². The lowest BCUT2D eigenvalue weighted by Crippen LogP contribution is -2.41. The van der Waals surface area contributed by atoms with Gasteiger partial charge in [0.2, 0.25) is 5.91 Å². The summed E-state index contributed by atoms with van der Waals surface area (Å²) in [5.74, 6) is -0.587. The summed E-state index contributed by atoms with van der Waals surface area (Å²) < 4.78 is 0. The molecule has 4 N–H and O–H groups in total. The number of hydrogen-bond donors (Lipinski definition) is 3. The Morgan fingerprint density at radius 3 is 2.17 bits per heavy atom. The van der Waals surface area contributed by atoms with Crippen LogP contribution in [0, 0.1) is 0 Å². The van der Waals surface area contributed by atoms with E-state index in [9.17, 15) is 4.79 Å². The summed E-state index contributed by atoms with van der Waals surface area (Å²) in [4.78, 5) is 13.7. The molecule has 0 aromatic heterocycles. The van der Waals surface area contributed by atoms with Gasteiger partial charge in [-0.05, 0) is 5.56 Å². The number of rotatable bonds is 7. The molecule has 0 heterocycles. The van der Waals surface area contributed by atoms with E-state index < -0.39 is 5.92 Å². The smallest absolute Gasteiger partial charge is 0.231 e. The molecular formula is C13H20N2O3. The van der Waals surface area contributed by atoms with Crippen LogP contribution in [0.15, 0.2) is 30.3 Å². The molecule has 5 nitrogen and oxygen atoms in total. The molecule has 1 unspecified atom stereocenters. The van der Waals surface area contributed by atoms with E-state index in [2.05, 4.69) is 0 Å². The predicted octanol–water partition coefficient (Wildman–Crippen LogP) is -0.458. The Bertz CT molecular complexity index is 351. The molecule has 100 valence electrons. The van der Waals surface area contributed by atoms with Crippen LogP contribution in [0.3, 0.4) is 0 Å². The summed E-state index contributed by atoms with van der Waals surface area (Å²) in [6, 6.07) is 9.29. The van der Waals surface area contributed by atoms with Crippen molar-refractivity contribution in [3.63, 3.8) is 0 Å². The van der Waals surface area contributed by atoms with E-state index in [-0.39, 0.29) is 38.8 Å². The summed E-state index contributed by atoms with van der Waals surface area (Å²) in [6.07, 6.45) is 0. The normalized spacial score (nSPS) is 12.2. The summed E-state index contributed by atoms with van der Waals surface area (Å²) >= 11 is 0. The first kappa shape index (κ1) is 14.6. The highest BCUT2D eigenvalue weighted by Crippen LogP contribution is 2.17. The molecule has 18 heavy (non-hydrogen) atoms. The molecule has 0 spiro atoms. The summed E-state index contributed by atoms with van der Waals surface area (Å²) in [6.45, 7) is 0.372. The first-order valence-electron chi connectivity index (χ1n) is 6.00. The third-order valence-electron chi connectivity index (χ3n) is 2.79. The standard InChI is InChI=1S/C13H20N2O3/c14-10-12(11-4-2-1-3-5-11)13(18)15(6-8-16)7-9-17/h1-5,12,16-17H,6-10,14H2. The summed E-state index contributed by atoms with van der Waals surface area (Å²) in [5.41, 5.74) is 6.52. The summed E-state index contributed by atoms with van der Waals surface area (Å²) in [5, 5.41) is 17.9. The van der Waals surface area contributed by atoms with Gasteiger partial charge in [0.25, 0.3) is 0 Å². The van der Waals surface area contributed by atoms with Gasteiger partial charge in [-0.2, -0.15) is 0 Å². The van der Waals surface area contributed by atoms with Gasteiger partial charge < -0.3 is 20.8 Å². The first-order chi connectivity index (χ1) is 8.74. The Morgan fingerprint density at radius 1 is 1.17 bits per heavy atom. The van der Waals surface area contributed by atoms with Gasteiger partial charge in [0.15, 0.2) is 0 Å². The topological polar surface area (TPSA) is 86.8 Å². The van der Waals surface area contributed by atoms with E-state index in [0.717, 1.165) is 5.56 Å². The number of aliphatic hydroxyl groups is 2. The second-order valence-electron chi connectivity index (χ2n) is 3.97. The van der Waals surface area contributed by atoms with Crippen molar-refractivity contribution in [2.45, 2.75) is 5.92 Å². The molecule has 1 amide bonds. The zero-order valence-corrected chi connectivity index (χ0v) is 10.3. The maximum Gasteiger partial charge on any atom is 0.231 e. The van der Waals surface area contributed by atoms with E-state index >= 15 is 0 Å². The highest BCUT2D eigenvalue weighted by Gasteiger charge is 2.23. The molecular weight excluding hydrogens is 232 g/mol. The third-order valence-corrected chi connectivity index (χ3v) is 2.79. The molecule has 1 aromatic carbocycles. The van der Waals surface area contributed by atoms with Crippen molar-refractivity contribution in [2.75, 3.05) is 32.8 Å². The average Bonchev–Trinajstić information content (AvgIpc) is 2.40. The van der Waals surface area contributed by atoms with Crippen molar-refractivity contribution >= 4 is 5.91 Å². The van der Waals surface area contributed by atoms with E-state index in [1.165, 1.54) is 4.90 Å². The van der Waals surface area contributed by atoms with Crippen LogP contribution in [0.2, 0.25) is 0 Å². The number of benzene rings is 1. The van der Waals surface area contributed by atoms with Gasteiger partial charge >= 0.3 is 0 Å². The highest BCUT2D eigenvalue weighted by atomic mass is 16.3. The van der Waals surface area contributed by atoms with Crippen LogP contribution < -0.4 is 5.73 Å². The largest absolute Gasteiger partial charge is 0.395 e. The molecule has 0 saturated carbocycles. The molecule has 0 aliphatic carbocycles. The number of aliphatic hydroxyl groups excluding tert-OH is 2. The monoisotopic (exact) mass is 252 g/mol. The molecule has 1 rings (SSSR count). The van der Waals surface area contributed by atoms with Gasteiger partial charge in [-0.3, -0.25) is 4.79 Å². The van der Waals surface area contributed by atoms with Gasteiger partial charge in [0, 0.05) is 19.6 Å². The Labute approximate surface area is 107 Å². The minimum Gasteiger partial charge on any atom is -0.395 e. The van der Waals surface area contributed by atoms with Crippen LogP contribution in [0.5, 0.6) is 0 Å². The molecule has 1 atom stereocenters. The van der Waals surface area contributed by atoms with Gasteiger partial charge in [0.1, 0.15) is 0 Å². The Hall–Kier alpha value is -1.43. The van der Waals surface area contributed by atoms with Gasteiger partial charge in [0.05, 0.1) is 19.1 Å². The number of carbonyl (C=O) groups excluding carboxylic acids is 1. The third kappa shape index (κ3) is 3.80. The first-order valence-corrected chi connectivity index (χ1v) is 6.00. The zero-order chi connectivity index (χ0) is 13.4. The van der Waals surface area contributed by atoms with Gasteiger partial charge in [-0.25, -0.2) is 0 Å². The fraction of sp³-hybridized carbons (Fsp3) is 0.462. The number of nitrogens with two attached hydrogens (primary N) is 1. The Kier molecular flexibility index (Phi) is 6.35. The molecule has 0 fully saturated rings. The van der Waals surface area contributed by atoms with Crippen LogP contribution in [0.4, 0.5) is 0 Å². The lowest BCUT2D eigenvalue weighted by molar-refractivity contribution is -0.133. The van der Waals surface area contributed by atoms with Crippen LogP contribution in [0.1, 0.15) is 11.5 Å². The van der Waals surface area contributed by atoms with Crippen LogP contribution in [-0.2, 0) is 4.79 Å².